The van der Waals surface area contributed by atoms with Crippen molar-refractivity contribution in [2.24, 2.45) is 0 Å². The number of nitrogens with one attached hydrogen (secondary N) is 2. The normalized spacial score (nSPS) is 12.6. The maximum absolute atomic E-state index is 12.8. The first kappa shape index (κ1) is 8.83. The van der Waals surface area contributed by atoms with Crippen molar-refractivity contribution in [3.8, 4) is 0 Å². The molecule has 0 saturated heterocycles. The maximum Gasteiger partial charge on any atom is 0.336 e. The summed E-state index contributed by atoms with van der Waals surface area (Å²) in [5.74, 6) is -3.46. The molecule has 0 atom stereocenters. The number of halogens is 1. The Bertz CT molecular complexity index is 622. The molecular weight excluding hydrogens is 225 g/mol. The highest BCUT2D eigenvalue weighted by molar-refractivity contribution is 5.81. The van der Waals surface area contributed by atoms with E-state index in [1.54, 1.807) is 0 Å². The van der Waals surface area contributed by atoms with Gasteiger partial charge < -0.3 is 10.4 Å². The topological polar surface area (TPSA) is 121 Å². The second kappa shape index (κ2) is 4.38. The number of aliphatic carboxylic acids is 1. The monoisotopic (exact) mass is 233 g/mol. The summed E-state index contributed by atoms with van der Waals surface area (Å²) in [7, 11) is 0. The molecule has 16 heavy (non-hydrogen) atoms. The molecule has 1 amide bonds. The highest BCUT2D eigenvalue weighted by Gasteiger charge is 2.11. The van der Waals surface area contributed by atoms with Crippen molar-refractivity contribution in [2.45, 2.75) is 0 Å². The molecule has 0 aliphatic heterocycles. The zero-order valence-electron chi connectivity index (χ0n) is 9.48. The van der Waals surface area contributed by atoms with Gasteiger partial charge in [-0.15, -0.1) is 0 Å². The van der Waals surface area contributed by atoms with Crippen LogP contribution in [0.1, 0.15) is 2.74 Å². The van der Waals surface area contributed by atoms with E-state index in [2.05, 4.69) is 0 Å². The Morgan fingerprint density at radius 2 is 2.25 bits per heavy atom. The first-order chi connectivity index (χ1) is 8.15. The van der Waals surface area contributed by atoms with E-state index < -0.39 is 35.6 Å². The lowest BCUT2D eigenvalue weighted by molar-refractivity contribution is -0.135. The first-order valence-electron chi connectivity index (χ1n) is 4.72. The molecule has 1 heterocycles. The SMILES string of the molecule is [2H]C([2H])(NC(=O)n1cc(F)c(=O)[nH]c1=O)C(=O)O. The average Bonchev–Trinajstić information content (AvgIpc) is 2.22. The molecule has 9 heteroatoms. The van der Waals surface area contributed by atoms with E-state index in [1.807, 2.05) is 0 Å². The van der Waals surface area contributed by atoms with Gasteiger partial charge in [-0.25, -0.2) is 14.2 Å². The van der Waals surface area contributed by atoms with Crippen molar-refractivity contribution < 1.29 is 21.8 Å². The van der Waals surface area contributed by atoms with Crippen molar-refractivity contribution in [3.05, 3.63) is 32.9 Å². The third-order valence-electron chi connectivity index (χ3n) is 1.39. The highest BCUT2D eigenvalue weighted by Crippen LogP contribution is 1.83. The maximum atomic E-state index is 12.8. The summed E-state index contributed by atoms with van der Waals surface area (Å²) in [6.45, 7) is -3.15. The molecule has 0 aromatic carbocycles. The lowest BCUT2D eigenvalue weighted by Gasteiger charge is -2.03. The molecule has 0 aliphatic rings. The van der Waals surface area contributed by atoms with E-state index >= 15 is 0 Å². The molecule has 0 spiro atoms. The number of carbonyl (C=O) groups excluding carboxylic acids is 1. The smallest absolute Gasteiger partial charge is 0.336 e. The van der Waals surface area contributed by atoms with Gasteiger partial charge in [-0.3, -0.25) is 14.6 Å². The van der Waals surface area contributed by atoms with E-state index in [9.17, 15) is 23.6 Å². The van der Waals surface area contributed by atoms with Crippen LogP contribution in [-0.4, -0.2) is 33.2 Å². The number of nitrogens with zero attached hydrogens (tertiary/aromatic N) is 1. The van der Waals surface area contributed by atoms with Crippen LogP contribution >= 0.6 is 0 Å². The van der Waals surface area contributed by atoms with Crippen LogP contribution in [0.2, 0.25) is 0 Å². The molecule has 3 N–H and O–H groups in total. The first-order valence-corrected chi connectivity index (χ1v) is 3.72. The largest absolute Gasteiger partial charge is 0.480 e. The number of aromatic nitrogens is 2. The molecule has 0 fully saturated rings. The number of carbonyl (C=O) groups is 2. The van der Waals surface area contributed by atoms with Crippen LogP contribution in [0.25, 0.3) is 0 Å². The summed E-state index contributed by atoms with van der Waals surface area (Å²) in [5.41, 5.74) is -2.69. The third-order valence-corrected chi connectivity index (χ3v) is 1.39. The van der Waals surface area contributed by atoms with Crippen molar-refractivity contribution in [3.63, 3.8) is 0 Å². The summed E-state index contributed by atoms with van der Waals surface area (Å²) >= 11 is 0. The number of hydrogen-bond donors (Lipinski definition) is 3. The van der Waals surface area contributed by atoms with Gasteiger partial charge in [0.1, 0.15) is 6.50 Å². The van der Waals surface area contributed by atoms with E-state index in [0.717, 1.165) is 0 Å². The molecule has 1 aromatic rings. The number of carboxylic acids is 1. The molecular formula is C7H6FN3O5. The van der Waals surface area contributed by atoms with Gasteiger partial charge in [0, 0.05) is 0 Å². The Kier molecular flexibility index (Phi) is 2.42. The van der Waals surface area contributed by atoms with Gasteiger partial charge in [-0.2, -0.15) is 4.39 Å². The molecule has 0 bridgehead atoms. The highest BCUT2D eigenvalue weighted by atomic mass is 19.1. The zero-order chi connectivity index (χ0) is 14.1. The number of amides is 1. The van der Waals surface area contributed by atoms with Crippen molar-refractivity contribution in [1.82, 2.24) is 14.9 Å². The average molecular weight is 233 g/mol. The summed E-state index contributed by atoms with van der Waals surface area (Å²) in [6.07, 6.45) is 0.217. The molecule has 0 aliphatic carbocycles. The van der Waals surface area contributed by atoms with Crippen molar-refractivity contribution in [2.75, 3.05) is 6.50 Å². The fraction of sp³-hybridized carbons (Fsp3) is 0.143. The molecule has 1 aromatic heterocycles. The quantitative estimate of drug-likeness (QED) is 0.563. The van der Waals surface area contributed by atoms with Gasteiger partial charge in [-0.05, 0) is 0 Å². The zero-order valence-corrected chi connectivity index (χ0v) is 7.48. The number of aromatic amines is 1. The van der Waals surface area contributed by atoms with Gasteiger partial charge in [0.15, 0.2) is 0 Å². The number of carboxylic acid groups (broad SMARTS) is 1. The Morgan fingerprint density at radius 1 is 1.62 bits per heavy atom. The predicted octanol–water partition coefficient (Wildman–Crippen LogP) is -1.68. The minimum atomic E-state index is -3.15. The molecule has 0 unspecified atom stereocenters. The van der Waals surface area contributed by atoms with Crippen LogP contribution in [0.4, 0.5) is 9.18 Å². The van der Waals surface area contributed by atoms with Gasteiger partial charge >= 0.3 is 17.7 Å². The number of H-pyrrole nitrogens is 1. The van der Waals surface area contributed by atoms with Gasteiger partial charge in [0.2, 0.25) is 5.82 Å². The number of rotatable bonds is 2. The molecule has 0 saturated carbocycles. The summed E-state index contributed by atoms with van der Waals surface area (Å²) in [4.78, 5) is 44.9. The molecule has 86 valence electrons. The lowest BCUT2D eigenvalue weighted by atomic mass is 10.6. The predicted molar refractivity (Wildman–Crippen MR) is 47.7 cm³/mol. The second-order valence-corrected chi connectivity index (χ2v) is 2.47. The molecule has 8 nitrogen and oxygen atoms in total. The second-order valence-electron chi connectivity index (χ2n) is 2.47. The third kappa shape index (κ3) is 2.53. The van der Waals surface area contributed by atoms with E-state index in [1.165, 1.54) is 10.3 Å². The standard InChI is InChI=1S/C7H6FN3O5/c8-3-2-11(7(16)10-5(3)14)6(15)9-1-4(12)13/h2H,1H2,(H,9,15)(H,12,13)(H,10,14,16)/i1D2. The van der Waals surface area contributed by atoms with E-state index in [-0.39, 0.29) is 10.8 Å². The van der Waals surface area contributed by atoms with E-state index in [0.29, 0.717) is 0 Å². The van der Waals surface area contributed by atoms with Crippen LogP contribution in [0, 0.1) is 5.82 Å². The van der Waals surface area contributed by atoms with Crippen LogP contribution < -0.4 is 16.6 Å². The van der Waals surface area contributed by atoms with Crippen LogP contribution in [0.3, 0.4) is 0 Å². The van der Waals surface area contributed by atoms with Crippen LogP contribution in [-0.2, 0) is 4.79 Å². The Hall–Kier alpha value is -2.45. The Morgan fingerprint density at radius 3 is 2.81 bits per heavy atom. The minimum Gasteiger partial charge on any atom is -0.480 e. The Balaban J connectivity index is 3.14. The van der Waals surface area contributed by atoms with Gasteiger partial charge in [0.25, 0.3) is 5.56 Å². The van der Waals surface area contributed by atoms with Gasteiger partial charge in [0.05, 0.1) is 8.94 Å². The van der Waals surface area contributed by atoms with Crippen molar-refractivity contribution in [1.29, 1.82) is 0 Å². The minimum absolute atomic E-state index is 0.00248. The fourth-order valence-corrected chi connectivity index (χ4v) is 0.766. The Labute approximate surface area is 89.1 Å². The van der Waals surface area contributed by atoms with E-state index in [4.69, 9.17) is 7.85 Å². The lowest BCUT2D eigenvalue weighted by Crippen LogP contribution is -2.42. The summed E-state index contributed by atoms with van der Waals surface area (Å²) < 4.78 is 26.6. The summed E-state index contributed by atoms with van der Waals surface area (Å²) in [5, 5.41) is 9.72. The molecule has 0 radical (unpaired) electrons. The molecule has 1 rings (SSSR count). The van der Waals surface area contributed by atoms with Crippen molar-refractivity contribution >= 4 is 12.0 Å². The fourth-order valence-electron chi connectivity index (χ4n) is 0.766. The summed E-state index contributed by atoms with van der Waals surface area (Å²) in [6, 6.07) is -1.54. The number of hydrogen-bond acceptors (Lipinski definition) is 4. The van der Waals surface area contributed by atoms with Crippen LogP contribution in [0.5, 0.6) is 0 Å². The van der Waals surface area contributed by atoms with Gasteiger partial charge in [-0.1, -0.05) is 0 Å². The van der Waals surface area contributed by atoms with Crippen LogP contribution in [0.15, 0.2) is 15.8 Å².